The van der Waals surface area contributed by atoms with Crippen LogP contribution in [-0.2, 0) is 17.0 Å². The summed E-state index contributed by atoms with van der Waals surface area (Å²) in [6.45, 7) is 13.7. The van der Waals surface area contributed by atoms with Crippen molar-refractivity contribution in [1.82, 2.24) is 0 Å². The van der Waals surface area contributed by atoms with Gasteiger partial charge in [-0.25, -0.2) is 0 Å². The predicted octanol–water partition coefficient (Wildman–Crippen LogP) is 4.66. The molecule has 0 N–H and O–H groups in total. The van der Waals surface area contributed by atoms with Gasteiger partial charge in [-0.05, 0) is 33.7 Å². The maximum Gasteiger partial charge on any atom is -0.0126 e. The number of hydrogen-bond donors (Lipinski definition) is 0. The molecule has 1 aromatic carbocycles. The molecule has 0 spiro atoms. The van der Waals surface area contributed by atoms with Gasteiger partial charge in [-0.2, -0.15) is 0 Å². The molecular weight excluding hydrogens is 211 g/mol. The highest BCUT2D eigenvalue weighted by Gasteiger charge is 2.21. The summed E-state index contributed by atoms with van der Waals surface area (Å²) in [6.07, 6.45) is 1.04. The van der Waals surface area contributed by atoms with Gasteiger partial charge < -0.3 is 0 Å². The third-order valence-electron chi connectivity index (χ3n) is 3.00. The predicted molar refractivity (Wildman–Crippen MR) is 77.3 cm³/mol. The van der Waals surface area contributed by atoms with Crippen LogP contribution in [0.15, 0.2) is 18.2 Å². The Morgan fingerprint density at radius 2 is 1.50 bits per heavy atom. The van der Waals surface area contributed by atoms with Crippen molar-refractivity contribution >= 4 is 9.24 Å². The van der Waals surface area contributed by atoms with E-state index in [1.165, 1.54) is 16.7 Å². The van der Waals surface area contributed by atoms with Gasteiger partial charge in [0.15, 0.2) is 0 Å². The van der Waals surface area contributed by atoms with Crippen molar-refractivity contribution in [3.63, 3.8) is 0 Å². The van der Waals surface area contributed by atoms with Crippen molar-refractivity contribution in [2.45, 2.75) is 58.5 Å². The summed E-state index contributed by atoms with van der Waals surface area (Å²) in [5, 5.41) is 0. The van der Waals surface area contributed by atoms with Crippen molar-refractivity contribution in [3.05, 3.63) is 34.9 Å². The van der Waals surface area contributed by atoms with E-state index in [2.05, 4.69) is 69.0 Å². The SMILES string of the molecule is CC(C)(C)c1ccc(CP)c(C(C)(C)C)c1. The first-order chi connectivity index (χ1) is 7.16. The molecule has 1 aromatic rings. The van der Waals surface area contributed by atoms with E-state index in [-0.39, 0.29) is 10.8 Å². The lowest BCUT2D eigenvalue weighted by Crippen LogP contribution is -2.17. The van der Waals surface area contributed by atoms with Gasteiger partial charge in [0.25, 0.3) is 0 Å². The standard InChI is InChI=1S/C15H25P/c1-14(2,3)12-8-7-11(10-16)13(9-12)15(4,5)6/h7-9H,10,16H2,1-6H3. The zero-order valence-electron chi connectivity index (χ0n) is 11.5. The number of rotatable bonds is 1. The molecule has 16 heavy (non-hydrogen) atoms. The average Bonchev–Trinajstić information content (AvgIpc) is 2.14. The highest BCUT2D eigenvalue weighted by molar-refractivity contribution is 7.15. The lowest BCUT2D eigenvalue weighted by molar-refractivity contribution is 0.565. The van der Waals surface area contributed by atoms with Crippen LogP contribution in [0.4, 0.5) is 0 Å². The molecule has 1 heteroatoms. The van der Waals surface area contributed by atoms with E-state index < -0.39 is 0 Å². The van der Waals surface area contributed by atoms with Crippen LogP contribution in [0.5, 0.6) is 0 Å². The molecule has 0 fully saturated rings. The van der Waals surface area contributed by atoms with Crippen LogP contribution in [0, 0.1) is 0 Å². The lowest BCUT2D eigenvalue weighted by atomic mass is 9.79. The fraction of sp³-hybridized carbons (Fsp3) is 0.600. The highest BCUT2D eigenvalue weighted by Crippen LogP contribution is 2.32. The smallest absolute Gasteiger partial charge is 0.0126 e. The van der Waals surface area contributed by atoms with Crippen LogP contribution in [0.1, 0.15) is 58.2 Å². The van der Waals surface area contributed by atoms with Crippen LogP contribution < -0.4 is 0 Å². The minimum absolute atomic E-state index is 0.229. The zero-order chi connectivity index (χ0) is 12.6. The fourth-order valence-corrected chi connectivity index (χ4v) is 2.28. The van der Waals surface area contributed by atoms with E-state index in [0.29, 0.717) is 0 Å². The molecule has 0 aromatic heterocycles. The summed E-state index contributed by atoms with van der Waals surface area (Å²) in [5.41, 5.74) is 4.83. The van der Waals surface area contributed by atoms with Gasteiger partial charge >= 0.3 is 0 Å². The Hall–Kier alpha value is -0.350. The van der Waals surface area contributed by atoms with Gasteiger partial charge in [-0.3, -0.25) is 0 Å². The van der Waals surface area contributed by atoms with Crippen molar-refractivity contribution in [2.75, 3.05) is 0 Å². The van der Waals surface area contributed by atoms with Gasteiger partial charge in [-0.15, -0.1) is 9.24 Å². The average molecular weight is 236 g/mol. The van der Waals surface area contributed by atoms with Gasteiger partial charge in [0.2, 0.25) is 0 Å². The molecule has 0 heterocycles. The second kappa shape index (κ2) is 4.49. The van der Waals surface area contributed by atoms with Gasteiger partial charge in [0.05, 0.1) is 0 Å². The normalized spacial score (nSPS) is 12.9. The Balaban J connectivity index is 3.34. The topological polar surface area (TPSA) is 0 Å². The van der Waals surface area contributed by atoms with Crippen LogP contribution in [0.2, 0.25) is 0 Å². The van der Waals surface area contributed by atoms with E-state index in [9.17, 15) is 0 Å². The van der Waals surface area contributed by atoms with E-state index in [4.69, 9.17) is 0 Å². The summed E-state index contributed by atoms with van der Waals surface area (Å²) >= 11 is 0. The molecule has 0 saturated carbocycles. The van der Waals surface area contributed by atoms with Crippen LogP contribution >= 0.6 is 9.24 Å². The Morgan fingerprint density at radius 1 is 0.938 bits per heavy atom. The summed E-state index contributed by atoms with van der Waals surface area (Å²) in [7, 11) is 2.83. The first-order valence-electron chi connectivity index (χ1n) is 6.00. The molecule has 0 bridgehead atoms. The molecule has 0 saturated heterocycles. The second-order valence-corrected chi connectivity index (χ2v) is 6.98. The van der Waals surface area contributed by atoms with Crippen molar-refractivity contribution in [3.8, 4) is 0 Å². The Labute approximate surface area is 103 Å². The van der Waals surface area contributed by atoms with Crippen molar-refractivity contribution < 1.29 is 0 Å². The minimum Gasteiger partial charge on any atom is -0.133 e. The maximum absolute atomic E-state index is 2.83. The molecule has 0 radical (unpaired) electrons. The molecule has 90 valence electrons. The molecule has 1 unspecified atom stereocenters. The molecule has 1 atom stereocenters. The van der Waals surface area contributed by atoms with Crippen LogP contribution in [0.3, 0.4) is 0 Å². The van der Waals surface area contributed by atoms with Gasteiger partial charge in [0.1, 0.15) is 0 Å². The van der Waals surface area contributed by atoms with Gasteiger partial charge in [-0.1, -0.05) is 59.7 Å². The maximum atomic E-state index is 2.83. The Bertz CT molecular complexity index is 364. The first-order valence-corrected chi connectivity index (χ1v) is 6.82. The molecule has 0 amide bonds. The van der Waals surface area contributed by atoms with Crippen molar-refractivity contribution in [1.29, 1.82) is 0 Å². The fourth-order valence-electron chi connectivity index (χ4n) is 1.92. The van der Waals surface area contributed by atoms with E-state index >= 15 is 0 Å². The summed E-state index contributed by atoms with van der Waals surface area (Å²) in [6, 6.07) is 6.95. The molecule has 0 nitrogen and oxygen atoms in total. The summed E-state index contributed by atoms with van der Waals surface area (Å²) in [5.74, 6) is 0. The molecule has 0 aliphatic carbocycles. The van der Waals surface area contributed by atoms with Crippen molar-refractivity contribution in [2.24, 2.45) is 0 Å². The third-order valence-corrected chi connectivity index (χ3v) is 3.44. The second-order valence-electron chi connectivity index (χ2n) is 6.58. The number of hydrogen-bond acceptors (Lipinski definition) is 0. The Morgan fingerprint density at radius 3 is 1.88 bits per heavy atom. The molecule has 0 aliphatic rings. The van der Waals surface area contributed by atoms with Crippen LogP contribution in [-0.4, -0.2) is 0 Å². The highest BCUT2D eigenvalue weighted by atomic mass is 31.0. The lowest BCUT2D eigenvalue weighted by Gasteiger charge is -2.27. The molecule has 1 rings (SSSR count). The van der Waals surface area contributed by atoms with E-state index in [1.807, 2.05) is 0 Å². The Kier molecular flexibility index (Phi) is 3.85. The third kappa shape index (κ3) is 3.08. The quantitative estimate of drug-likeness (QED) is 0.622. The van der Waals surface area contributed by atoms with E-state index in [1.54, 1.807) is 0 Å². The number of benzene rings is 1. The van der Waals surface area contributed by atoms with Gasteiger partial charge in [0, 0.05) is 0 Å². The largest absolute Gasteiger partial charge is 0.133 e. The molecular formula is C15H25P. The zero-order valence-corrected chi connectivity index (χ0v) is 12.7. The summed E-state index contributed by atoms with van der Waals surface area (Å²) < 4.78 is 0. The summed E-state index contributed by atoms with van der Waals surface area (Å²) in [4.78, 5) is 0. The minimum atomic E-state index is 0.229. The van der Waals surface area contributed by atoms with Crippen LogP contribution in [0.25, 0.3) is 0 Å². The van der Waals surface area contributed by atoms with E-state index in [0.717, 1.165) is 6.16 Å². The first kappa shape index (κ1) is 13.7. The monoisotopic (exact) mass is 236 g/mol. The molecule has 0 aliphatic heterocycles.